The first-order valence-corrected chi connectivity index (χ1v) is 8.22. The van der Waals surface area contributed by atoms with Crippen LogP contribution < -0.4 is 0 Å². The largest absolute Gasteiger partial charge is 0.443 e. The fourth-order valence-corrected chi connectivity index (χ4v) is 2.86. The minimum Gasteiger partial charge on any atom is -0.310 e. The zero-order valence-corrected chi connectivity index (χ0v) is 14.6. The molecule has 0 radical (unpaired) electrons. The number of rotatable bonds is 3. The zero-order valence-electron chi connectivity index (χ0n) is 14.6. The SMILES string of the molecule is CC1=NC(C(F)(F)F)(C(F)(F)F)N=C(c2ccccc2)N1Cc1ccccc1. The molecule has 1 heterocycles. The van der Waals surface area contributed by atoms with Crippen molar-refractivity contribution in [2.24, 2.45) is 9.98 Å². The Kier molecular flexibility index (Phi) is 4.95. The lowest BCUT2D eigenvalue weighted by molar-refractivity contribution is -0.293. The fourth-order valence-electron chi connectivity index (χ4n) is 2.86. The van der Waals surface area contributed by atoms with Crippen molar-refractivity contribution in [2.45, 2.75) is 31.5 Å². The van der Waals surface area contributed by atoms with Crippen molar-refractivity contribution in [1.82, 2.24) is 4.90 Å². The second-order valence-corrected chi connectivity index (χ2v) is 6.20. The molecule has 0 amide bonds. The van der Waals surface area contributed by atoms with Crippen molar-refractivity contribution >= 4 is 11.7 Å². The lowest BCUT2D eigenvalue weighted by Gasteiger charge is -2.38. The summed E-state index contributed by atoms with van der Waals surface area (Å²) in [5.41, 5.74) is -3.72. The molecule has 2 aromatic rings. The normalized spacial score (nSPS) is 17.2. The van der Waals surface area contributed by atoms with Crippen LogP contribution in [-0.4, -0.2) is 34.6 Å². The van der Waals surface area contributed by atoms with Crippen molar-refractivity contribution in [3.63, 3.8) is 0 Å². The first-order valence-electron chi connectivity index (χ1n) is 8.22. The Labute approximate surface area is 157 Å². The summed E-state index contributed by atoms with van der Waals surface area (Å²) in [6, 6.07) is 16.1. The van der Waals surface area contributed by atoms with Crippen molar-refractivity contribution in [2.75, 3.05) is 0 Å². The lowest BCUT2D eigenvalue weighted by Crippen LogP contribution is -2.59. The van der Waals surface area contributed by atoms with Gasteiger partial charge in [0.05, 0.1) is 6.54 Å². The van der Waals surface area contributed by atoms with Gasteiger partial charge in [0.25, 0.3) is 0 Å². The summed E-state index contributed by atoms with van der Waals surface area (Å²) < 4.78 is 81.3. The molecule has 3 rings (SSSR count). The molecule has 1 aliphatic rings. The van der Waals surface area contributed by atoms with E-state index in [0.29, 0.717) is 5.56 Å². The summed E-state index contributed by atoms with van der Waals surface area (Å²) >= 11 is 0. The lowest BCUT2D eigenvalue weighted by atomic mass is 10.1. The molecule has 0 atom stereocenters. The molecule has 28 heavy (non-hydrogen) atoms. The van der Waals surface area contributed by atoms with Gasteiger partial charge in [-0.3, -0.25) is 0 Å². The Morgan fingerprint density at radius 2 is 1.29 bits per heavy atom. The van der Waals surface area contributed by atoms with E-state index in [-0.39, 0.29) is 12.1 Å². The molecule has 3 nitrogen and oxygen atoms in total. The van der Waals surface area contributed by atoms with E-state index in [1.54, 1.807) is 36.4 Å². The molecule has 1 aliphatic heterocycles. The number of nitrogens with zero attached hydrogens (tertiary/aromatic N) is 3. The van der Waals surface area contributed by atoms with E-state index in [4.69, 9.17) is 0 Å². The predicted molar refractivity (Wildman–Crippen MR) is 92.9 cm³/mol. The number of benzene rings is 2. The van der Waals surface area contributed by atoms with Crippen LogP contribution in [0, 0.1) is 0 Å². The van der Waals surface area contributed by atoms with Crippen molar-refractivity contribution in [1.29, 1.82) is 0 Å². The molecule has 0 saturated carbocycles. The topological polar surface area (TPSA) is 28.0 Å². The molecular weight excluding hydrogens is 384 g/mol. The van der Waals surface area contributed by atoms with Gasteiger partial charge in [0, 0.05) is 5.56 Å². The molecule has 148 valence electrons. The van der Waals surface area contributed by atoms with Gasteiger partial charge in [-0.2, -0.15) is 26.3 Å². The third kappa shape index (κ3) is 3.48. The molecule has 2 aromatic carbocycles. The van der Waals surface area contributed by atoms with Crippen LogP contribution in [0.3, 0.4) is 0 Å². The summed E-state index contributed by atoms with van der Waals surface area (Å²) in [6.45, 7) is 1.14. The first-order chi connectivity index (χ1) is 13.1. The minimum absolute atomic E-state index is 0.0235. The summed E-state index contributed by atoms with van der Waals surface area (Å²) in [7, 11) is 0. The molecular formula is C19H15F6N3. The van der Waals surface area contributed by atoms with Gasteiger partial charge in [-0.25, -0.2) is 9.98 Å². The van der Waals surface area contributed by atoms with Crippen LogP contribution in [0.25, 0.3) is 0 Å². The van der Waals surface area contributed by atoms with Crippen LogP contribution in [0.4, 0.5) is 26.3 Å². The van der Waals surface area contributed by atoms with Gasteiger partial charge < -0.3 is 4.90 Å². The van der Waals surface area contributed by atoms with Crippen molar-refractivity contribution in [3.8, 4) is 0 Å². The second-order valence-electron chi connectivity index (χ2n) is 6.20. The highest BCUT2D eigenvalue weighted by atomic mass is 19.4. The van der Waals surface area contributed by atoms with Crippen molar-refractivity contribution < 1.29 is 26.3 Å². The monoisotopic (exact) mass is 399 g/mol. The maximum absolute atomic E-state index is 13.6. The molecule has 0 aromatic heterocycles. The third-order valence-electron chi connectivity index (χ3n) is 4.24. The fraction of sp³-hybridized carbons (Fsp3) is 0.263. The Bertz CT molecular complexity index is 871. The van der Waals surface area contributed by atoms with Crippen molar-refractivity contribution in [3.05, 3.63) is 71.8 Å². The summed E-state index contributed by atoms with van der Waals surface area (Å²) in [5.74, 6) is -0.862. The van der Waals surface area contributed by atoms with Gasteiger partial charge in [-0.05, 0) is 12.5 Å². The number of halogens is 6. The number of alkyl halides is 6. The number of hydrogen-bond donors (Lipinski definition) is 0. The van der Waals surface area contributed by atoms with E-state index in [1.165, 1.54) is 29.2 Å². The summed E-state index contributed by atoms with van der Waals surface area (Å²) in [6.07, 6.45) is -11.5. The third-order valence-corrected chi connectivity index (χ3v) is 4.24. The zero-order chi connectivity index (χ0) is 20.6. The second kappa shape index (κ2) is 6.96. The first kappa shape index (κ1) is 19.9. The van der Waals surface area contributed by atoms with E-state index >= 15 is 0 Å². The quantitative estimate of drug-likeness (QED) is 0.653. The number of hydrogen-bond acceptors (Lipinski definition) is 3. The van der Waals surface area contributed by atoms with Gasteiger partial charge in [0.2, 0.25) is 0 Å². The minimum atomic E-state index is -5.74. The highest BCUT2D eigenvalue weighted by Crippen LogP contribution is 2.49. The Morgan fingerprint density at radius 3 is 1.79 bits per heavy atom. The van der Waals surface area contributed by atoms with E-state index in [9.17, 15) is 26.3 Å². The molecule has 0 N–H and O–H groups in total. The molecule has 0 fully saturated rings. The smallest absolute Gasteiger partial charge is 0.310 e. The van der Waals surface area contributed by atoms with E-state index in [2.05, 4.69) is 9.98 Å². The molecule has 0 unspecified atom stereocenters. The van der Waals surface area contributed by atoms with Crippen LogP contribution in [0.5, 0.6) is 0 Å². The maximum atomic E-state index is 13.6. The van der Waals surface area contributed by atoms with Crippen LogP contribution in [-0.2, 0) is 6.54 Å². The standard InChI is InChI=1S/C19H15F6N3/c1-13-26-17(18(20,21)22,19(23,24)25)27-16(15-10-6-3-7-11-15)28(13)12-14-8-4-2-5-9-14/h2-11H,12H2,1H3. The summed E-state index contributed by atoms with van der Waals surface area (Å²) in [4.78, 5) is 7.42. The number of aliphatic imine (C=N–C) groups is 2. The van der Waals surface area contributed by atoms with Gasteiger partial charge in [-0.1, -0.05) is 60.7 Å². The van der Waals surface area contributed by atoms with Gasteiger partial charge in [-0.15, -0.1) is 0 Å². The van der Waals surface area contributed by atoms with Crippen LogP contribution in [0.1, 0.15) is 18.1 Å². The average molecular weight is 399 g/mol. The maximum Gasteiger partial charge on any atom is 0.443 e. The predicted octanol–water partition coefficient (Wildman–Crippen LogP) is 5.19. The summed E-state index contributed by atoms with van der Waals surface area (Å²) in [5, 5.41) is 0. The molecule has 9 heteroatoms. The number of amidine groups is 2. The van der Waals surface area contributed by atoms with Crippen LogP contribution in [0.2, 0.25) is 0 Å². The van der Waals surface area contributed by atoms with E-state index < -0.39 is 29.7 Å². The Hall–Kier alpha value is -2.84. The van der Waals surface area contributed by atoms with Gasteiger partial charge >= 0.3 is 18.0 Å². The average Bonchev–Trinajstić information content (AvgIpc) is 2.63. The highest BCUT2D eigenvalue weighted by molar-refractivity contribution is 6.10. The highest BCUT2D eigenvalue weighted by Gasteiger charge is 2.73. The van der Waals surface area contributed by atoms with Gasteiger partial charge in [0.1, 0.15) is 11.7 Å². The van der Waals surface area contributed by atoms with Gasteiger partial charge in [0.15, 0.2) is 0 Å². The Balaban J connectivity index is 2.19. The molecule has 0 spiro atoms. The Morgan fingerprint density at radius 1 is 0.786 bits per heavy atom. The molecule has 0 bridgehead atoms. The van der Waals surface area contributed by atoms with E-state index in [1.807, 2.05) is 0 Å². The van der Waals surface area contributed by atoms with Crippen LogP contribution in [0.15, 0.2) is 70.6 Å². The van der Waals surface area contributed by atoms with E-state index in [0.717, 1.165) is 6.92 Å². The molecule has 0 saturated heterocycles. The molecule has 0 aliphatic carbocycles. The van der Waals surface area contributed by atoms with Crippen LogP contribution >= 0.6 is 0 Å².